The second kappa shape index (κ2) is 8.58. The van der Waals surface area contributed by atoms with Gasteiger partial charge in [0.25, 0.3) is 0 Å². The summed E-state index contributed by atoms with van der Waals surface area (Å²) in [5, 5.41) is 9.88. The van der Waals surface area contributed by atoms with Crippen LogP contribution in [-0.2, 0) is 9.47 Å². The van der Waals surface area contributed by atoms with Gasteiger partial charge in [-0.2, -0.15) is 0 Å². The molecule has 1 N–H and O–H groups in total. The van der Waals surface area contributed by atoms with Gasteiger partial charge in [0.1, 0.15) is 5.60 Å². The lowest BCUT2D eigenvalue weighted by atomic mass is 10.1. The highest BCUT2D eigenvalue weighted by Crippen LogP contribution is 2.05. The number of aliphatic hydroxyl groups is 1. The van der Waals surface area contributed by atoms with Gasteiger partial charge in [-0.1, -0.05) is 19.3 Å². The predicted octanol–water partition coefficient (Wildman–Crippen LogP) is 2.33. The van der Waals surface area contributed by atoms with Crippen molar-refractivity contribution in [3.05, 3.63) is 0 Å². The largest absolute Gasteiger partial charge is 0.375 e. The van der Waals surface area contributed by atoms with Crippen molar-refractivity contribution in [3.63, 3.8) is 0 Å². The van der Waals surface area contributed by atoms with E-state index in [1.54, 1.807) is 6.92 Å². The van der Waals surface area contributed by atoms with E-state index in [4.69, 9.17) is 9.47 Å². The molecule has 0 aromatic carbocycles. The van der Waals surface area contributed by atoms with E-state index in [1.807, 2.05) is 13.8 Å². The van der Waals surface area contributed by atoms with Gasteiger partial charge in [-0.05, 0) is 27.2 Å². The van der Waals surface area contributed by atoms with E-state index in [-0.39, 0.29) is 12.9 Å². The fraction of sp³-hybridized carbons (Fsp3) is 0.846. The topological polar surface area (TPSA) is 38.7 Å². The molecule has 0 amide bonds. The zero-order valence-electron chi connectivity index (χ0n) is 10.9. The van der Waals surface area contributed by atoms with E-state index >= 15 is 0 Å². The Morgan fingerprint density at radius 1 is 1.31 bits per heavy atom. The van der Waals surface area contributed by atoms with Gasteiger partial charge in [-0.25, -0.2) is 0 Å². The molecule has 0 aliphatic carbocycles. The second-order valence-electron chi connectivity index (χ2n) is 4.01. The van der Waals surface area contributed by atoms with Crippen molar-refractivity contribution in [2.75, 3.05) is 13.2 Å². The zero-order chi connectivity index (χ0) is 12.4. The highest BCUT2D eigenvalue weighted by Gasteiger charge is 2.18. The molecule has 3 nitrogen and oxygen atoms in total. The first-order valence-electron chi connectivity index (χ1n) is 5.97. The highest BCUT2D eigenvalue weighted by atomic mass is 16.7. The zero-order valence-corrected chi connectivity index (χ0v) is 10.9. The van der Waals surface area contributed by atoms with Crippen LogP contribution in [0.25, 0.3) is 0 Å². The summed E-state index contributed by atoms with van der Waals surface area (Å²) in [6, 6.07) is 0. The van der Waals surface area contributed by atoms with Crippen LogP contribution >= 0.6 is 0 Å². The number of rotatable bonds is 7. The molecule has 2 atom stereocenters. The van der Waals surface area contributed by atoms with Crippen LogP contribution in [0.15, 0.2) is 0 Å². The minimum atomic E-state index is -1.08. The lowest BCUT2D eigenvalue weighted by Crippen LogP contribution is -2.31. The maximum absolute atomic E-state index is 9.88. The molecule has 0 heterocycles. The summed E-state index contributed by atoms with van der Waals surface area (Å²) in [4.78, 5) is 0. The van der Waals surface area contributed by atoms with Gasteiger partial charge in [0, 0.05) is 13.0 Å². The molecule has 0 rings (SSSR count). The minimum Gasteiger partial charge on any atom is -0.375 e. The lowest BCUT2D eigenvalue weighted by Gasteiger charge is -2.20. The SMILES string of the molecule is CCCCC#CC(C)(O)COC(C)OCC. The van der Waals surface area contributed by atoms with Crippen molar-refractivity contribution in [1.82, 2.24) is 0 Å². The Hall–Kier alpha value is -0.560. The van der Waals surface area contributed by atoms with Crippen molar-refractivity contribution in [3.8, 4) is 11.8 Å². The van der Waals surface area contributed by atoms with Crippen LogP contribution in [0.5, 0.6) is 0 Å². The molecule has 0 spiro atoms. The normalized spacial score (nSPS) is 16.1. The third-order valence-corrected chi connectivity index (χ3v) is 2.01. The Kier molecular flexibility index (Phi) is 8.28. The fourth-order valence-electron chi connectivity index (χ4n) is 1.12. The molecular formula is C13H24O3. The standard InChI is InChI=1S/C13H24O3/c1-5-7-8-9-10-13(4,14)11-16-12(3)15-6-2/h12,14H,5-8,11H2,1-4H3. The van der Waals surface area contributed by atoms with Gasteiger partial charge in [0.2, 0.25) is 0 Å². The average Bonchev–Trinajstić information content (AvgIpc) is 2.22. The summed E-state index contributed by atoms with van der Waals surface area (Å²) in [7, 11) is 0. The first-order valence-corrected chi connectivity index (χ1v) is 5.97. The number of ether oxygens (including phenoxy) is 2. The van der Waals surface area contributed by atoms with E-state index < -0.39 is 5.60 Å². The van der Waals surface area contributed by atoms with Gasteiger partial charge < -0.3 is 14.6 Å². The molecule has 0 saturated heterocycles. The third-order valence-electron chi connectivity index (χ3n) is 2.01. The Balaban J connectivity index is 3.88. The van der Waals surface area contributed by atoms with Crippen LogP contribution in [0.4, 0.5) is 0 Å². The fourth-order valence-corrected chi connectivity index (χ4v) is 1.12. The Labute approximate surface area is 99.1 Å². The van der Waals surface area contributed by atoms with E-state index in [0.717, 1.165) is 19.3 Å². The Morgan fingerprint density at radius 3 is 2.56 bits per heavy atom. The van der Waals surface area contributed by atoms with Gasteiger partial charge in [-0.15, -0.1) is 5.92 Å². The van der Waals surface area contributed by atoms with Gasteiger partial charge >= 0.3 is 0 Å². The van der Waals surface area contributed by atoms with E-state index in [9.17, 15) is 5.11 Å². The third kappa shape index (κ3) is 8.72. The number of hydrogen-bond donors (Lipinski definition) is 1. The molecular weight excluding hydrogens is 204 g/mol. The smallest absolute Gasteiger partial charge is 0.154 e. The first kappa shape index (κ1) is 15.4. The molecule has 0 aromatic rings. The molecule has 3 heteroatoms. The van der Waals surface area contributed by atoms with Crippen molar-refractivity contribution in [2.24, 2.45) is 0 Å². The maximum Gasteiger partial charge on any atom is 0.154 e. The molecule has 0 radical (unpaired) electrons. The highest BCUT2D eigenvalue weighted by molar-refractivity contribution is 5.11. The summed E-state index contributed by atoms with van der Waals surface area (Å²) >= 11 is 0. The molecule has 0 saturated carbocycles. The summed E-state index contributed by atoms with van der Waals surface area (Å²) in [6.07, 6.45) is 2.72. The molecule has 2 unspecified atom stereocenters. The number of hydrogen-bond acceptors (Lipinski definition) is 3. The summed E-state index contributed by atoms with van der Waals surface area (Å²) in [5.74, 6) is 5.78. The van der Waals surface area contributed by atoms with Crippen molar-refractivity contribution in [1.29, 1.82) is 0 Å². The molecule has 94 valence electrons. The van der Waals surface area contributed by atoms with Crippen LogP contribution in [0, 0.1) is 11.8 Å². The molecule has 0 aliphatic rings. The molecule has 16 heavy (non-hydrogen) atoms. The van der Waals surface area contributed by atoms with E-state index in [0.29, 0.717) is 6.61 Å². The molecule has 0 fully saturated rings. The van der Waals surface area contributed by atoms with Crippen LogP contribution in [0.3, 0.4) is 0 Å². The predicted molar refractivity (Wildman–Crippen MR) is 65.0 cm³/mol. The van der Waals surface area contributed by atoms with Gasteiger partial charge in [0.05, 0.1) is 6.61 Å². The summed E-state index contributed by atoms with van der Waals surface area (Å²) < 4.78 is 10.5. The average molecular weight is 228 g/mol. The lowest BCUT2D eigenvalue weighted by molar-refractivity contribution is -0.151. The summed E-state index contributed by atoms with van der Waals surface area (Å²) in [5.41, 5.74) is -1.08. The second-order valence-corrected chi connectivity index (χ2v) is 4.01. The molecule has 0 aromatic heterocycles. The van der Waals surface area contributed by atoms with Crippen molar-refractivity contribution in [2.45, 2.75) is 58.8 Å². The minimum absolute atomic E-state index is 0.174. The summed E-state index contributed by atoms with van der Waals surface area (Å²) in [6.45, 7) is 8.27. The molecule has 0 bridgehead atoms. The van der Waals surface area contributed by atoms with E-state index in [2.05, 4.69) is 18.8 Å². The van der Waals surface area contributed by atoms with Crippen molar-refractivity contribution < 1.29 is 14.6 Å². The first-order chi connectivity index (χ1) is 7.52. The van der Waals surface area contributed by atoms with Gasteiger partial charge in [0.15, 0.2) is 6.29 Å². The monoisotopic (exact) mass is 228 g/mol. The molecule has 0 aliphatic heterocycles. The van der Waals surface area contributed by atoms with Crippen LogP contribution in [0.2, 0.25) is 0 Å². The van der Waals surface area contributed by atoms with Crippen LogP contribution in [-0.4, -0.2) is 30.2 Å². The quantitative estimate of drug-likeness (QED) is 0.413. The maximum atomic E-state index is 9.88. The van der Waals surface area contributed by atoms with Crippen LogP contribution in [0.1, 0.15) is 47.0 Å². The van der Waals surface area contributed by atoms with Gasteiger partial charge in [-0.3, -0.25) is 0 Å². The van der Waals surface area contributed by atoms with E-state index in [1.165, 1.54) is 0 Å². The number of unbranched alkanes of at least 4 members (excludes halogenated alkanes) is 2. The Morgan fingerprint density at radius 2 is 2.00 bits per heavy atom. The Bertz CT molecular complexity index is 225. The van der Waals surface area contributed by atoms with Crippen LogP contribution < -0.4 is 0 Å². The van der Waals surface area contributed by atoms with Crippen molar-refractivity contribution >= 4 is 0 Å².